The maximum absolute atomic E-state index is 13.1. The van der Waals surface area contributed by atoms with Crippen molar-refractivity contribution in [2.75, 3.05) is 30.4 Å². The summed E-state index contributed by atoms with van der Waals surface area (Å²) in [5, 5.41) is 2.89. The lowest BCUT2D eigenvalue weighted by atomic mass is 9.93. The average Bonchev–Trinajstić information content (AvgIpc) is 3.52. The fourth-order valence-corrected chi connectivity index (χ4v) is 6.20. The maximum atomic E-state index is 13.1. The van der Waals surface area contributed by atoms with E-state index in [0.717, 1.165) is 45.2 Å². The van der Waals surface area contributed by atoms with Crippen molar-refractivity contribution in [2.24, 2.45) is 5.41 Å². The first-order chi connectivity index (χ1) is 15.4. The van der Waals surface area contributed by atoms with Crippen LogP contribution in [0.3, 0.4) is 0 Å². The molecule has 0 atom stereocenters. The Labute approximate surface area is 189 Å². The molecule has 1 spiro atoms. The number of nitrogens with one attached hydrogen (secondary N) is 1. The van der Waals surface area contributed by atoms with E-state index in [0.29, 0.717) is 22.5 Å². The van der Waals surface area contributed by atoms with E-state index in [-0.39, 0.29) is 16.8 Å². The highest BCUT2D eigenvalue weighted by atomic mass is 32.2. The quantitative estimate of drug-likeness (QED) is 0.716. The second kappa shape index (κ2) is 8.15. The van der Waals surface area contributed by atoms with Gasteiger partial charge in [-0.2, -0.15) is 4.31 Å². The summed E-state index contributed by atoms with van der Waals surface area (Å²) in [7, 11) is -1.96. The van der Waals surface area contributed by atoms with Gasteiger partial charge in [-0.15, -0.1) is 0 Å². The summed E-state index contributed by atoms with van der Waals surface area (Å²) < 4.78 is 27.4. The van der Waals surface area contributed by atoms with Crippen LogP contribution >= 0.6 is 0 Å². The van der Waals surface area contributed by atoms with Crippen molar-refractivity contribution in [2.45, 2.75) is 55.9 Å². The number of carbonyl (C=O) groups is 1. The molecule has 170 valence electrons. The molecular weight excluding hydrogens is 424 g/mol. The third-order valence-electron chi connectivity index (χ3n) is 7.47. The zero-order valence-corrected chi connectivity index (χ0v) is 19.3. The summed E-state index contributed by atoms with van der Waals surface area (Å²) in [5.74, 6) is 0.427. The molecule has 1 amide bonds. The third kappa shape index (κ3) is 4.01. The van der Waals surface area contributed by atoms with Crippen LogP contribution in [0.1, 0.15) is 55.3 Å². The molecule has 0 bridgehead atoms. The molecule has 2 aliphatic carbocycles. The number of nitrogens with zero attached hydrogens (tertiary/aromatic N) is 3. The largest absolute Gasteiger partial charge is 0.356 e. The van der Waals surface area contributed by atoms with Crippen LogP contribution in [-0.2, 0) is 10.0 Å². The highest BCUT2D eigenvalue weighted by Gasteiger charge is 2.44. The van der Waals surface area contributed by atoms with E-state index in [2.05, 4.69) is 15.2 Å². The van der Waals surface area contributed by atoms with Crippen LogP contribution in [0.15, 0.2) is 47.5 Å². The minimum absolute atomic E-state index is 0.0653. The molecule has 0 radical (unpaired) electrons. The molecule has 3 fully saturated rings. The van der Waals surface area contributed by atoms with E-state index < -0.39 is 10.0 Å². The number of aromatic nitrogens is 1. The highest BCUT2D eigenvalue weighted by molar-refractivity contribution is 7.89. The van der Waals surface area contributed by atoms with Crippen molar-refractivity contribution in [3.8, 4) is 0 Å². The first-order valence-electron chi connectivity index (χ1n) is 11.5. The molecule has 1 aromatic heterocycles. The van der Waals surface area contributed by atoms with Crippen LogP contribution in [0.4, 0.5) is 11.5 Å². The first-order valence-corrected chi connectivity index (χ1v) is 12.9. The van der Waals surface area contributed by atoms with Crippen molar-refractivity contribution in [3.63, 3.8) is 0 Å². The molecule has 0 unspecified atom stereocenters. The zero-order chi connectivity index (χ0) is 22.3. The molecule has 32 heavy (non-hydrogen) atoms. The molecule has 3 aliphatic rings. The van der Waals surface area contributed by atoms with E-state index in [1.807, 2.05) is 0 Å². The predicted molar refractivity (Wildman–Crippen MR) is 124 cm³/mol. The zero-order valence-electron chi connectivity index (χ0n) is 18.5. The standard InChI is InChI=1S/C24H30N4O3S/c1-27(19-6-3-7-19)32(30,31)20-8-2-5-18(17-20)26-23(29)21-9-4-14-25-22(21)28-15-12-24(10-11-24)13-16-28/h2,4-5,8-9,14,17,19H,3,6-7,10-13,15-16H2,1H3,(H,26,29). The van der Waals surface area contributed by atoms with Crippen LogP contribution in [0, 0.1) is 5.41 Å². The topological polar surface area (TPSA) is 82.6 Å². The van der Waals surface area contributed by atoms with Crippen molar-refractivity contribution >= 4 is 27.4 Å². The van der Waals surface area contributed by atoms with Gasteiger partial charge in [0.05, 0.1) is 10.5 Å². The Balaban J connectivity index is 1.33. The predicted octanol–water partition coefficient (Wildman–Crippen LogP) is 3.89. The number of benzene rings is 1. The van der Waals surface area contributed by atoms with Gasteiger partial charge in [0, 0.05) is 38.1 Å². The van der Waals surface area contributed by atoms with Gasteiger partial charge in [-0.3, -0.25) is 4.79 Å². The average molecular weight is 455 g/mol. The Hall–Kier alpha value is -2.45. The van der Waals surface area contributed by atoms with Gasteiger partial charge >= 0.3 is 0 Å². The summed E-state index contributed by atoms with van der Waals surface area (Å²) in [6, 6.07) is 10.1. The number of amides is 1. The Morgan fingerprint density at radius 1 is 1.12 bits per heavy atom. The second-order valence-corrected chi connectivity index (χ2v) is 11.4. The van der Waals surface area contributed by atoms with E-state index in [9.17, 15) is 13.2 Å². The molecule has 2 aromatic rings. The molecule has 1 N–H and O–H groups in total. The number of pyridine rings is 1. The van der Waals surface area contributed by atoms with Crippen molar-refractivity contribution in [1.29, 1.82) is 0 Å². The summed E-state index contributed by atoms with van der Waals surface area (Å²) in [6.07, 6.45) is 9.53. The molecule has 1 saturated heterocycles. The number of rotatable bonds is 6. The van der Waals surface area contributed by atoms with Gasteiger partial charge in [-0.25, -0.2) is 13.4 Å². The van der Waals surface area contributed by atoms with Crippen molar-refractivity contribution in [1.82, 2.24) is 9.29 Å². The van der Waals surface area contributed by atoms with E-state index in [4.69, 9.17) is 0 Å². The van der Waals surface area contributed by atoms with Crippen molar-refractivity contribution < 1.29 is 13.2 Å². The van der Waals surface area contributed by atoms with Crippen molar-refractivity contribution in [3.05, 3.63) is 48.2 Å². The van der Waals surface area contributed by atoms with E-state index >= 15 is 0 Å². The molecular formula is C24H30N4O3S. The van der Waals surface area contributed by atoms with E-state index in [1.165, 1.54) is 23.2 Å². The third-order valence-corrected chi connectivity index (χ3v) is 9.38. The van der Waals surface area contributed by atoms with E-state index in [1.54, 1.807) is 43.6 Å². The van der Waals surface area contributed by atoms with Crippen LogP contribution in [-0.4, -0.2) is 49.8 Å². The molecule has 1 aromatic carbocycles. The van der Waals surface area contributed by atoms with Crippen LogP contribution in [0.2, 0.25) is 0 Å². The van der Waals surface area contributed by atoms with Crippen LogP contribution in [0.25, 0.3) is 0 Å². The molecule has 2 saturated carbocycles. The van der Waals surface area contributed by atoms with Gasteiger partial charge in [0.25, 0.3) is 5.91 Å². The SMILES string of the molecule is CN(C1CCC1)S(=O)(=O)c1cccc(NC(=O)c2cccnc2N2CCC3(CC2)CC3)c1. The number of sulfonamides is 1. The Bertz CT molecular complexity index is 1120. The normalized spacial score (nSPS) is 20.2. The van der Waals surface area contributed by atoms with Gasteiger partial charge in [-0.05, 0) is 74.3 Å². The first kappa shape index (κ1) is 21.4. The molecule has 1 aliphatic heterocycles. The summed E-state index contributed by atoms with van der Waals surface area (Å²) in [5.41, 5.74) is 1.52. The fraction of sp³-hybridized carbons (Fsp3) is 0.500. The lowest BCUT2D eigenvalue weighted by Crippen LogP contribution is -2.41. The molecule has 2 heterocycles. The smallest absolute Gasteiger partial charge is 0.259 e. The van der Waals surface area contributed by atoms with Crippen LogP contribution < -0.4 is 10.2 Å². The van der Waals surface area contributed by atoms with Gasteiger partial charge in [0.2, 0.25) is 10.0 Å². The summed E-state index contributed by atoms with van der Waals surface area (Å²) >= 11 is 0. The van der Waals surface area contributed by atoms with Gasteiger partial charge in [0.1, 0.15) is 5.82 Å². The number of hydrogen-bond donors (Lipinski definition) is 1. The maximum Gasteiger partial charge on any atom is 0.259 e. The summed E-state index contributed by atoms with van der Waals surface area (Å²) in [4.78, 5) is 20.0. The Kier molecular flexibility index (Phi) is 5.45. The minimum Gasteiger partial charge on any atom is -0.356 e. The number of carbonyl (C=O) groups excluding carboxylic acids is 1. The molecule has 5 rings (SSSR count). The lowest BCUT2D eigenvalue weighted by Gasteiger charge is -2.34. The molecule has 8 heteroatoms. The number of hydrogen-bond acceptors (Lipinski definition) is 5. The summed E-state index contributed by atoms with van der Waals surface area (Å²) in [6.45, 7) is 1.83. The number of anilines is 2. The second-order valence-electron chi connectivity index (χ2n) is 9.45. The van der Waals surface area contributed by atoms with Crippen LogP contribution in [0.5, 0.6) is 0 Å². The van der Waals surface area contributed by atoms with Gasteiger partial charge in [0.15, 0.2) is 0 Å². The molecule has 7 nitrogen and oxygen atoms in total. The fourth-order valence-electron chi connectivity index (χ4n) is 4.74. The van der Waals surface area contributed by atoms with Gasteiger partial charge in [-0.1, -0.05) is 12.5 Å². The number of piperidine rings is 1. The monoisotopic (exact) mass is 454 g/mol. The highest BCUT2D eigenvalue weighted by Crippen LogP contribution is 2.53. The Morgan fingerprint density at radius 3 is 2.53 bits per heavy atom. The minimum atomic E-state index is -3.59. The Morgan fingerprint density at radius 2 is 1.88 bits per heavy atom. The lowest BCUT2D eigenvalue weighted by molar-refractivity contribution is 0.102. The van der Waals surface area contributed by atoms with Gasteiger partial charge < -0.3 is 10.2 Å².